The maximum atomic E-state index is 9.87. The van der Waals surface area contributed by atoms with E-state index in [1.165, 1.54) is 12.8 Å². The Kier molecular flexibility index (Phi) is 7.05. The molecule has 1 nitrogen and oxygen atoms in total. The molecular weight excluding hydrogens is 509 g/mol. The van der Waals surface area contributed by atoms with Crippen molar-refractivity contribution in [3.63, 3.8) is 0 Å². The Morgan fingerprint density at radius 1 is 0.407 bits per heavy atom. The van der Waals surface area contributed by atoms with E-state index >= 15 is 0 Å². The molecule has 1 fully saturated rings. The molecule has 0 radical (unpaired) electrons. The Labute approximate surface area is 138 Å². The fourth-order valence-corrected chi connectivity index (χ4v) is 0.717. The first-order valence-electron chi connectivity index (χ1n) is 5.40. The molecule has 0 aromatic rings. The second-order valence-electron chi connectivity index (χ2n) is 4.57. The summed E-state index contributed by atoms with van der Waals surface area (Å²) in [6, 6.07) is 0. The first-order valence-corrected chi connectivity index (χ1v) is 11.5. The van der Waals surface area contributed by atoms with Crippen LogP contribution >= 0.6 is 23.4 Å². The van der Waals surface area contributed by atoms with Gasteiger partial charge in [0.2, 0.25) is 0 Å². The van der Waals surface area contributed by atoms with Crippen LogP contribution in [0.1, 0.15) is 12.8 Å². The molecule has 1 aliphatic rings. The molecule has 1 aliphatic heterocycles. The molecule has 1 rings (SSSR count). The van der Waals surface area contributed by atoms with Crippen molar-refractivity contribution in [1.82, 2.24) is 4.90 Å². The number of halogens is 18. The molecule has 0 aliphatic carbocycles. The second kappa shape index (κ2) is 6.00. The number of hydrogen-bond donors (Lipinski definition) is 0. The summed E-state index contributed by atoms with van der Waals surface area (Å²) in [6.45, 7) is 1.97. The zero-order valence-corrected chi connectivity index (χ0v) is 14.6. The van der Waals surface area contributed by atoms with Gasteiger partial charge >= 0.3 is 137 Å². The van der Waals surface area contributed by atoms with Gasteiger partial charge in [0.05, 0.1) is 0 Å². The fourth-order valence-electron chi connectivity index (χ4n) is 0.717. The van der Waals surface area contributed by atoms with Crippen LogP contribution in [0, 0.1) is 7.05 Å². The van der Waals surface area contributed by atoms with Gasteiger partial charge in [0, 0.05) is 0 Å². The maximum absolute atomic E-state index is 10.7. The molecule has 0 spiro atoms. The Hall–Kier alpha value is -0.0100. The number of nitrogens with zero attached hydrogens (tertiary/aromatic N) is 1. The Bertz CT molecular complexity index is 377. The summed E-state index contributed by atoms with van der Waals surface area (Å²) in [5, 5.41) is 0. The first kappa shape index (κ1) is 31.7. The van der Waals surface area contributed by atoms with Crippen molar-refractivity contribution in [1.29, 1.82) is 0 Å². The van der Waals surface area contributed by atoms with E-state index < -0.39 is 23.4 Å². The van der Waals surface area contributed by atoms with E-state index in [2.05, 4.69) is 0 Å². The average molecular weight is 517 g/mol. The molecule has 27 heavy (non-hydrogen) atoms. The SMILES string of the molecule is F[P-](F)(F)(F)(F)F.F[P-](F)(F)(F)(F)F.F[P-](F)(F)(F)(F)F.[C+3]N1CCCC1. The third-order valence-corrected chi connectivity index (χ3v) is 1.11. The normalized spacial score (nSPS) is 23.7. The van der Waals surface area contributed by atoms with E-state index in [1.807, 2.05) is 0 Å². The fraction of sp³-hybridized carbons (Fsp3) is 0.800. The van der Waals surface area contributed by atoms with Crippen molar-refractivity contribution in [3.05, 3.63) is 7.05 Å². The van der Waals surface area contributed by atoms with E-state index in [0.29, 0.717) is 0 Å². The van der Waals surface area contributed by atoms with Crippen molar-refractivity contribution in [2.75, 3.05) is 13.1 Å². The van der Waals surface area contributed by atoms with Gasteiger partial charge in [-0.05, 0) is 0 Å². The number of hydrogen-bond acceptors (Lipinski definition) is 1. The minimum atomic E-state index is -10.7. The summed E-state index contributed by atoms with van der Waals surface area (Å²) in [5.74, 6) is 0. The van der Waals surface area contributed by atoms with Crippen LogP contribution in [0.5, 0.6) is 0 Å². The number of likely N-dealkylation sites (tertiary alicyclic amines) is 1. The molecule has 0 bridgehead atoms. The standard InChI is InChI=1S/C5H8N.3F6P/c1-6-4-2-3-5-6;3*1-7(2,3,4,5)6/h2-5H2;;;/q+3;3*-1. The molecule has 0 saturated carbocycles. The summed E-state index contributed by atoms with van der Waals surface area (Å²) in [5.41, 5.74) is 0. The topological polar surface area (TPSA) is 3.24 Å². The van der Waals surface area contributed by atoms with Gasteiger partial charge in [-0.25, -0.2) is 0 Å². The van der Waals surface area contributed by atoms with Gasteiger partial charge in [-0.1, -0.05) is 0 Å². The van der Waals surface area contributed by atoms with E-state index in [0.717, 1.165) is 13.1 Å². The van der Waals surface area contributed by atoms with E-state index in [1.54, 1.807) is 4.90 Å². The van der Waals surface area contributed by atoms with E-state index in [-0.39, 0.29) is 0 Å². The summed E-state index contributed by atoms with van der Waals surface area (Å²) >= 11 is 0. The summed E-state index contributed by atoms with van der Waals surface area (Å²) in [6.07, 6.45) is 2.45. The summed E-state index contributed by atoms with van der Waals surface area (Å²) in [7, 11) is -25.0. The average Bonchev–Trinajstić information content (AvgIpc) is 2.34. The van der Waals surface area contributed by atoms with Crippen LogP contribution in [0.15, 0.2) is 0 Å². The van der Waals surface area contributed by atoms with Gasteiger partial charge in [0.1, 0.15) is 0 Å². The molecule has 0 aromatic heterocycles. The molecule has 0 N–H and O–H groups in total. The van der Waals surface area contributed by atoms with Crippen molar-refractivity contribution in [3.8, 4) is 0 Å². The first-order chi connectivity index (χ1) is 10.2. The predicted molar refractivity (Wildman–Crippen MR) is 64.8 cm³/mol. The third-order valence-electron chi connectivity index (χ3n) is 1.11. The van der Waals surface area contributed by atoms with Crippen LogP contribution in [0.25, 0.3) is 0 Å². The molecule has 1 saturated heterocycles. The summed E-state index contributed by atoms with van der Waals surface area (Å²) < 4.78 is 178. The van der Waals surface area contributed by atoms with Crippen LogP contribution in [0.4, 0.5) is 75.5 Å². The van der Waals surface area contributed by atoms with Crippen molar-refractivity contribution in [2.24, 2.45) is 0 Å². The molecule has 174 valence electrons. The molecule has 0 atom stereocenters. The van der Waals surface area contributed by atoms with Crippen LogP contribution < -0.4 is 0 Å². The molecule has 0 unspecified atom stereocenters. The summed E-state index contributed by atoms with van der Waals surface area (Å²) in [4.78, 5) is 1.61. The molecule has 0 amide bonds. The monoisotopic (exact) mass is 517 g/mol. The van der Waals surface area contributed by atoms with Crippen molar-refractivity contribution < 1.29 is 75.5 Å². The van der Waals surface area contributed by atoms with Crippen molar-refractivity contribution >= 4 is 23.4 Å². The Morgan fingerprint density at radius 2 is 0.519 bits per heavy atom. The molecular formula is C5H8F18NP3. The molecule has 1 heterocycles. The quantitative estimate of drug-likeness (QED) is 0.228. The van der Waals surface area contributed by atoms with Gasteiger partial charge in [-0.3, -0.25) is 0 Å². The zero-order valence-electron chi connectivity index (χ0n) is 11.9. The molecule has 22 heteroatoms. The van der Waals surface area contributed by atoms with Gasteiger partial charge < -0.3 is 0 Å². The van der Waals surface area contributed by atoms with Gasteiger partial charge in [-0.2, -0.15) is 0 Å². The third kappa shape index (κ3) is 306. The van der Waals surface area contributed by atoms with E-state index in [4.69, 9.17) is 7.05 Å². The van der Waals surface area contributed by atoms with Crippen LogP contribution in [-0.2, 0) is 0 Å². The van der Waals surface area contributed by atoms with Crippen LogP contribution in [0.2, 0.25) is 0 Å². The Morgan fingerprint density at radius 3 is 0.556 bits per heavy atom. The Balaban J connectivity index is -0.000000285. The molecule has 0 aromatic carbocycles. The number of rotatable bonds is 0. The second-order valence-corrected chi connectivity index (χ2v) is 10.3. The van der Waals surface area contributed by atoms with Crippen LogP contribution in [0.3, 0.4) is 0 Å². The van der Waals surface area contributed by atoms with Gasteiger partial charge in [0.25, 0.3) is 0 Å². The van der Waals surface area contributed by atoms with Crippen LogP contribution in [-0.4, -0.2) is 18.0 Å². The zero-order chi connectivity index (χ0) is 23.6. The van der Waals surface area contributed by atoms with Crippen molar-refractivity contribution in [2.45, 2.75) is 12.8 Å². The minimum absolute atomic E-state index is 0.986. The van der Waals surface area contributed by atoms with E-state index in [9.17, 15) is 75.5 Å². The van der Waals surface area contributed by atoms with Gasteiger partial charge in [-0.15, -0.1) is 0 Å². The van der Waals surface area contributed by atoms with Gasteiger partial charge in [0.15, 0.2) is 0 Å². The predicted octanol–water partition coefficient (Wildman–Crippen LogP) is 10.8.